The van der Waals surface area contributed by atoms with Crippen LogP contribution in [0.5, 0.6) is 0 Å². The second kappa shape index (κ2) is 7.09. The average molecular weight is 298 g/mol. The first-order valence-electron chi connectivity index (χ1n) is 6.08. The first-order chi connectivity index (χ1) is 9.42. The van der Waals surface area contributed by atoms with Gasteiger partial charge in [0.15, 0.2) is 0 Å². The quantitative estimate of drug-likeness (QED) is 0.634. The molecule has 0 fully saturated rings. The summed E-state index contributed by atoms with van der Waals surface area (Å²) in [5.41, 5.74) is 5.18. The van der Waals surface area contributed by atoms with Crippen LogP contribution in [0.15, 0.2) is 12.3 Å². The van der Waals surface area contributed by atoms with Crippen molar-refractivity contribution in [2.24, 2.45) is 0 Å². The number of hydrogen-bond donors (Lipinski definition) is 1. The number of thioether (sulfide) groups is 1. The zero-order valence-corrected chi connectivity index (χ0v) is 12.5. The number of pyridine rings is 1. The van der Waals surface area contributed by atoms with Gasteiger partial charge in [0.05, 0.1) is 4.92 Å². The minimum Gasteiger partial charge on any atom is -0.384 e. The first-order valence-corrected chi connectivity index (χ1v) is 7.47. The van der Waals surface area contributed by atoms with Gasteiger partial charge in [-0.05, 0) is 18.7 Å². The summed E-state index contributed by atoms with van der Waals surface area (Å²) in [6.45, 7) is 1.97. The van der Waals surface area contributed by atoms with E-state index in [-0.39, 0.29) is 23.1 Å². The van der Waals surface area contributed by atoms with Crippen molar-refractivity contribution in [2.45, 2.75) is 19.4 Å². The van der Waals surface area contributed by atoms with Crippen LogP contribution in [-0.2, 0) is 0 Å². The molecule has 0 aliphatic heterocycles. The van der Waals surface area contributed by atoms with Gasteiger partial charge in [0.25, 0.3) is 11.6 Å². The number of hydrogen-bond acceptors (Lipinski definition) is 6. The monoisotopic (exact) mass is 298 g/mol. The number of carbonyl (C=O) groups excluding carboxylic acids is 1. The van der Waals surface area contributed by atoms with Crippen molar-refractivity contribution < 1.29 is 9.72 Å². The van der Waals surface area contributed by atoms with Crippen LogP contribution >= 0.6 is 11.8 Å². The van der Waals surface area contributed by atoms with Crippen molar-refractivity contribution in [2.75, 3.05) is 24.8 Å². The van der Waals surface area contributed by atoms with Gasteiger partial charge in [-0.1, -0.05) is 6.92 Å². The third kappa shape index (κ3) is 3.60. The molecule has 1 aromatic rings. The molecule has 0 aliphatic carbocycles. The Kier molecular flexibility index (Phi) is 5.75. The number of anilines is 1. The lowest BCUT2D eigenvalue weighted by Crippen LogP contribution is -2.38. The molecule has 110 valence electrons. The molecular weight excluding hydrogens is 280 g/mol. The van der Waals surface area contributed by atoms with Crippen LogP contribution in [0.4, 0.5) is 11.5 Å². The molecule has 0 radical (unpaired) electrons. The minimum absolute atomic E-state index is 0.0199. The van der Waals surface area contributed by atoms with Crippen LogP contribution in [0.2, 0.25) is 0 Å². The molecule has 8 heteroatoms. The molecule has 7 nitrogen and oxygen atoms in total. The Morgan fingerprint density at radius 2 is 2.30 bits per heavy atom. The Bertz CT molecular complexity index is 509. The van der Waals surface area contributed by atoms with E-state index in [1.54, 1.807) is 18.8 Å². The van der Waals surface area contributed by atoms with Crippen molar-refractivity contribution in [3.05, 3.63) is 27.9 Å². The van der Waals surface area contributed by atoms with Gasteiger partial charge in [-0.3, -0.25) is 14.9 Å². The standard InChI is InChI=1S/C12H18N4O3S/c1-4-8(7-20-3)15(2)12(17)9-5-11(13)14-6-10(9)16(18)19/h5-6,8H,4,7H2,1-3H3,(H2,13,14). The zero-order chi connectivity index (χ0) is 15.3. The predicted molar refractivity (Wildman–Crippen MR) is 79.9 cm³/mol. The highest BCUT2D eigenvalue weighted by molar-refractivity contribution is 7.98. The average Bonchev–Trinajstić information content (AvgIpc) is 2.42. The molecule has 1 rings (SSSR count). The number of rotatable bonds is 6. The normalized spacial score (nSPS) is 11.9. The highest BCUT2D eigenvalue weighted by Gasteiger charge is 2.27. The molecule has 1 aromatic heterocycles. The predicted octanol–water partition coefficient (Wildman–Crippen LogP) is 1.79. The molecule has 1 heterocycles. The van der Waals surface area contributed by atoms with Gasteiger partial charge >= 0.3 is 0 Å². The summed E-state index contributed by atoms with van der Waals surface area (Å²) >= 11 is 1.62. The van der Waals surface area contributed by atoms with Crippen LogP contribution < -0.4 is 5.73 Å². The number of nitrogens with two attached hydrogens (primary N) is 1. The Morgan fingerprint density at radius 3 is 2.80 bits per heavy atom. The van der Waals surface area contributed by atoms with E-state index in [1.807, 2.05) is 13.2 Å². The van der Waals surface area contributed by atoms with Gasteiger partial charge < -0.3 is 10.6 Å². The Balaban J connectivity index is 3.13. The maximum absolute atomic E-state index is 12.4. The van der Waals surface area contributed by atoms with E-state index in [4.69, 9.17) is 5.73 Å². The number of nitrogens with zero attached hydrogens (tertiary/aromatic N) is 3. The Labute approximate surface area is 121 Å². The lowest BCUT2D eigenvalue weighted by Gasteiger charge is -2.26. The van der Waals surface area contributed by atoms with Crippen LogP contribution in [0, 0.1) is 10.1 Å². The number of carbonyl (C=O) groups is 1. The molecule has 20 heavy (non-hydrogen) atoms. The van der Waals surface area contributed by atoms with Crippen molar-refractivity contribution >= 4 is 29.2 Å². The van der Waals surface area contributed by atoms with E-state index >= 15 is 0 Å². The van der Waals surface area contributed by atoms with Gasteiger partial charge in [-0.25, -0.2) is 4.98 Å². The van der Waals surface area contributed by atoms with Crippen molar-refractivity contribution in [1.29, 1.82) is 0 Å². The van der Waals surface area contributed by atoms with Gasteiger partial charge in [-0.2, -0.15) is 11.8 Å². The maximum Gasteiger partial charge on any atom is 0.300 e. The van der Waals surface area contributed by atoms with Crippen molar-refractivity contribution in [3.63, 3.8) is 0 Å². The van der Waals surface area contributed by atoms with E-state index in [9.17, 15) is 14.9 Å². The molecule has 0 bridgehead atoms. The first kappa shape index (κ1) is 16.2. The largest absolute Gasteiger partial charge is 0.384 e. The fraction of sp³-hybridized carbons (Fsp3) is 0.500. The maximum atomic E-state index is 12.4. The molecule has 0 spiro atoms. The van der Waals surface area contributed by atoms with Crippen LogP contribution in [-0.4, -0.2) is 45.8 Å². The summed E-state index contributed by atoms with van der Waals surface area (Å²) in [6.07, 6.45) is 3.75. The summed E-state index contributed by atoms with van der Waals surface area (Å²) in [5.74, 6) is 0.449. The van der Waals surface area contributed by atoms with E-state index in [0.717, 1.165) is 18.4 Å². The molecule has 0 aromatic carbocycles. The third-order valence-electron chi connectivity index (χ3n) is 3.03. The van der Waals surface area contributed by atoms with Crippen molar-refractivity contribution in [1.82, 2.24) is 9.88 Å². The molecule has 1 unspecified atom stereocenters. The summed E-state index contributed by atoms with van der Waals surface area (Å²) in [4.78, 5) is 28.0. The summed E-state index contributed by atoms with van der Waals surface area (Å²) in [7, 11) is 1.65. The second-order valence-corrected chi connectivity index (χ2v) is 5.23. The van der Waals surface area contributed by atoms with E-state index in [1.165, 1.54) is 11.0 Å². The molecular formula is C12H18N4O3S. The van der Waals surface area contributed by atoms with E-state index < -0.39 is 10.8 Å². The lowest BCUT2D eigenvalue weighted by molar-refractivity contribution is -0.385. The molecule has 0 aliphatic rings. The smallest absolute Gasteiger partial charge is 0.300 e. The Hall–Kier alpha value is -1.83. The molecule has 1 amide bonds. The van der Waals surface area contributed by atoms with E-state index in [0.29, 0.717) is 0 Å². The van der Waals surface area contributed by atoms with Gasteiger partial charge in [0.1, 0.15) is 17.6 Å². The molecule has 0 saturated carbocycles. The molecule has 1 atom stereocenters. The zero-order valence-electron chi connectivity index (χ0n) is 11.7. The van der Waals surface area contributed by atoms with Crippen LogP contribution in [0.25, 0.3) is 0 Å². The van der Waals surface area contributed by atoms with Gasteiger partial charge in [0, 0.05) is 18.8 Å². The molecule has 0 saturated heterocycles. The van der Waals surface area contributed by atoms with Crippen molar-refractivity contribution in [3.8, 4) is 0 Å². The number of amides is 1. The SMILES string of the molecule is CCC(CSC)N(C)C(=O)c1cc(N)ncc1[N+](=O)[O-]. The fourth-order valence-corrected chi connectivity index (χ4v) is 2.68. The van der Waals surface area contributed by atoms with Gasteiger partial charge in [-0.15, -0.1) is 0 Å². The highest BCUT2D eigenvalue weighted by atomic mass is 32.2. The second-order valence-electron chi connectivity index (χ2n) is 4.32. The number of nitro groups is 1. The fourth-order valence-electron chi connectivity index (χ4n) is 1.83. The number of aromatic nitrogens is 1. The summed E-state index contributed by atoms with van der Waals surface area (Å²) in [6, 6.07) is 1.27. The molecule has 2 N–H and O–H groups in total. The van der Waals surface area contributed by atoms with Crippen LogP contribution in [0.3, 0.4) is 0 Å². The lowest BCUT2D eigenvalue weighted by atomic mass is 10.1. The third-order valence-corrected chi connectivity index (χ3v) is 3.75. The summed E-state index contributed by atoms with van der Waals surface area (Å²) in [5, 5.41) is 11.0. The van der Waals surface area contributed by atoms with Gasteiger partial charge in [0.2, 0.25) is 0 Å². The number of nitrogen functional groups attached to an aromatic ring is 1. The topological polar surface area (TPSA) is 102 Å². The highest BCUT2D eigenvalue weighted by Crippen LogP contribution is 2.22. The van der Waals surface area contributed by atoms with E-state index in [2.05, 4.69) is 4.98 Å². The minimum atomic E-state index is -0.622. The van der Waals surface area contributed by atoms with Crippen LogP contribution in [0.1, 0.15) is 23.7 Å². The Morgan fingerprint density at radius 1 is 1.65 bits per heavy atom. The summed E-state index contributed by atoms with van der Waals surface area (Å²) < 4.78 is 0.